The van der Waals surface area contributed by atoms with Crippen molar-refractivity contribution < 1.29 is 23.8 Å². The summed E-state index contributed by atoms with van der Waals surface area (Å²) in [5, 5.41) is 9.67. The van der Waals surface area contributed by atoms with Crippen LogP contribution in [0, 0.1) is 0 Å². The molecule has 1 rings (SSSR count). The molecular formula is C12H16FNO4. The average molecular weight is 257 g/mol. The topological polar surface area (TPSA) is 81.8 Å². The lowest BCUT2D eigenvalue weighted by molar-refractivity contribution is -0.149. The molecule has 5 nitrogen and oxygen atoms in total. The van der Waals surface area contributed by atoms with Gasteiger partial charge in [0.25, 0.3) is 0 Å². The minimum Gasteiger partial charge on any atom is -0.507 e. The third-order valence-corrected chi connectivity index (χ3v) is 2.42. The average Bonchev–Trinajstić information content (AvgIpc) is 2.36. The van der Waals surface area contributed by atoms with Crippen molar-refractivity contribution in [1.29, 1.82) is 0 Å². The zero-order chi connectivity index (χ0) is 13.7. The van der Waals surface area contributed by atoms with Crippen molar-refractivity contribution in [3.8, 4) is 11.5 Å². The highest BCUT2D eigenvalue weighted by Gasteiger charge is 2.31. The van der Waals surface area contributed by atoms with Crippen molar-refractivity contribution in [2.75, 3.05) is 13.7 Å². The lowest BCUT2D eigenvalue weighted by Gasteiger charge is -2.19. The first-order valence-corrected chi connectivity index (χ1v) is 5.45. The molecule has 0 aliphatic rings. The minimum atomic E-state index is -2.06. The smallest absolute Gasteiger partial charge is 0.342 e. The Bertz CT molecular complexity index is 425. The second kappa shape index (κ2) is 6.20. The minimum absolute atomic E-state index is 0.0422. The van der Waals surface area contributed by atoms with Crippen LogP contribution in [-0.2, 0) is 9.53 Å². The molecule has 100 valence electrons. The number of hydrogen-bond acceptors (Lipinski definition) is 5. The maximum Gasteiger partial charge on any atom is 0.342 e. The number of ether oxygens (including phenoxy) is 2. The van der Waals surface area contributed by atoms with Crippen LogP contribution in [0.2, 0.25) is 0 Å². The van der Waals surface area contributed by atoms with Gasteiger partial charge in [0.05, 0.1) is 25.3 Å². The van der Waals surface area contributed by atoms with E-state index in [1.165, 1.54) is 25.3 Å². The van der Waals surface area contributed by atoms with Crippen molar-refractivity contribution in [2.24, 2.45) is 5.73 Å². The number of alkyl halides is 1. The van der Waals surface area contributed by atoms with Gasteiger partial charge in [-0.25, -0.2) is 9.18 Å². The number of carbonyl (C=O) groups is 1. The van der Waals surface area contributed by atoms with Crippen LogP contribution < -0.4 is 10.5 Å². The molecule has 0 amide bonds. The third kappa shape index (κ3) is 2.89. The molecule has 0 heterocycles. The molecule has 0 aliphatic heterocycles. The summed E-state index contributed by atoms with van der Waals surface area (Å²) < 4.78 is 23.3. The second-order valence-corrected chi connectivity index (χ2v) is 3.57. The molecule has 0 saturated carbocycles. The molecule has 0 spiro atoms. The number of phenols is 1. The molecule has 3 N–H and O–H groups in total. The van der Waals surface area contributed by atoms with Crippen molar-refractivity contribution >= 4 is 5.97 Å². The number of phenolic OH excluding ortho intramolecular Hbond substituents is 1. The van der Waals surface area contributed by atoms with Crippen LogP contribution >= 0.6 is 0 Å². The molecule has 0 aromatic heterocycles. The van der Waals surface area contributed by atoms with E-state index in [-0.39, 0.29) is 23.7 Å². The lowest BCUT2D eigenvalue weighted by Crippen LogP contribution is -2.31. The summed E-state index contributed by atoms with van der Waals surface area (Å²) in [5.41, 5.74) is 5.67. The predicted octanol–water partition coefficient (Wildman–Crippen LogP) is 1.30. The van der Waals surface area contributed by atoms with Crippen LogP contribution in [0.5, 0.6) is 11.5 Å². The molecular weight excluding hydrogens is 241 g/mol. The molecule has 6 heteroatoms. The SMILES string of the molecule is CCOC(=O)C(F)[C@H](N)c1c(O)cccc1OC. The number of nitrogens with two attached hydrogens (primary N) is 1. The van der Waals surface area contributed by atoms with Crippen LogP contribution in [0.25, 0.3) is 0 Å². The predicted molar refractivity (Wildman–Crippen MR) is 63.1 cm³/mol. The van der Waals surface area contributed by atoms with E-state index in [1.807, 2.05) is 0 Å². The Labute approximate surface area is 104 Å². The first-order chi connectivity index (χ1) is 8.52. The van der Waals surface area contributed by atoms with Gasteiger partial charge in [-0.2, -0.15) is 0 Å². The Hall–Kier alpha value is -1.82. The number of rotatable bonds is 5. The number of aromatic hydroxyl groups is 1. The van der Waals surface area contributed by atoms with E-state index in [4.69, 9.17) is 10.5 Å². The summed E-state index contributed by atoms with van der Waals surface area (Å²) in [5.74, 6) is -1.07. The Morgan fingerprint density at radius 1 is 1.56 bits per heavy atom. The largest absolute Gasteiger partial charge is 0.507 e. The highest BCUT2D eigenvalue weighted by Crippen LogP contribution is 2.34. The third-order valence-electron chi connectivity index (χ3n) is 2.42. The van der Waals surface area contributed by atoms with Crippen LogP contribution in [-0.4, -0.2) is 31.0 Å². The fraction of sp³-hybridized carbons (Fsp3) is 0.417. The Balaban J connectivity index is 3.02. The molecule has 0 saturated heterocycles. The first kappa shape index (κ1) is 14.2. The van der Waals surface area contributed by atoms with E-state index in [1.54, 1.807) is 6.92 Å². The normalized spacial score (nSPS) is 13.8. The number of carbonyl (C=O) groups excluding carboxylic acids is 1. The van der Waals surface area contributed by atoms with E-state index in [0.29, 0.717) is 0 Å². The monoisotopic (exact) mass is 257 g/mol. The van der Waals surface area contributed by atoms with Gasteiger partial charge in [-0.05, 0) is 19.1 Å². The van der Waals surface area contributed by atoms with Gasteiger partial charge in [-0.15, -0.1) is 0 Å². The van der Waals surface area contributed by atoms with Crippen LogP contribution in [0.4, 0.5) is 4.39 Å². The van der Waals surface area contributed by atoms with E-state index in [2.05, 4.69) is 4.74 Å². The summed E-state index contributed by atoms with van der Waals surface area (Å²) >= 11 is 0. The highest BCUT2D eigenvalue weighted by atomic mass is 19.1. The molecule has 0 radical (unpaired) electrons. The van der Waals surface area contributed by atoms with Crippen molar-refractivity contribution in [1.82, 2.24) is 0 Å². The maximum atomic E-state index is 13.8. The van der Waals surface area contributed by atoms with Gasteiger partial charge in [-0.1, -0.05) is 6.07 Å². The van der Waals surface area contributed by atoms with E-state index < -0.39 is 18.2 Å². The Morgan fingerprint density at radius 3 is 2.78 bits per heavy atom. The van der Waals surface area contributed by atoms with Gasteiger partial charge in [0.2, 0.25) is 6.17 Å². The zero-order valence-electron chi connectivity index (χ0n) is 10.2. The van der Waals surface area contributed by atoms with Gasteiger partial charge in [-0.3, -0.25) is 0 Å². The zero-order valence-corrected chi connectivity index (χ0v) is 10.2. The quantitative estimate of drug-likeness (QED) is 0.777. The molecule has 0 bridgehead atoms. The number of esters is 1. The Kier molecular flexibility index (Phi) is 4.91. The number of hydrogen-bond donors (Lipinski definition) is 2. The maximum absolute atomic E-state index is 13.8. The molecule has 1 aromatic rings. The van der Waals surface area contributed by atoms with Crippen molar-refractivity contribution in [3.05, 3.63) is 23.8 Å². The van der Waals surface area contributed by atoms with Gasteiger partial charge < -0.3 is 20.3 Å². The summed E-state index contributed by atoms with van der Waals surface area (Å²) in [6, 6.07) is 3.05. The van der Waals surface area contributed by atoms with Crippen molar-refractivity contribution in [3.63, 3.8) is 0 Å². The van der Waals surface area contributed by atoms with E-state index >= 15 is 0 Å². The van der Waals surface area contributed by atoms with Crippen LogP contribution in [0.15, 0.2) is 18.2 Å². The fourth-order valence-electron chi connectivity index (χ4n) is 1.56. The van der Waals surface area contributed by atoms with Gasteiger partial charge in [0, 0.05) is 0 Å². The van der Waals surface area contributed by atoms with E-state index in [0.717, 1.165) is 0 Å². The summed E-state index contributed by atoms with van der Waals surface area (Å²) in [4.78, 5) is 11.3. The summed E-state index contributed by atoms with van der Waals surface area (Å²) in [6.45, 7) is 1.63. The van der Waals surface area contributed by atoms with Gasteiger partial charge in [0.1, 0.15) is 11.5 Å². The molecule has 1 aromatic carbocycles. The lowest BCUT2D eigenvalue weighted by atomic mass is 10.0. The Morgan fingerprint density at radius 2 is 2.22 bits per heavy atom. The molecule has 18 heavy (non-hydrogen) atoms. The standard InChI is InChI=1S/C12H16FNO4/c1-3-18-12(16)10(13)11(14)9-7(15)5-4-6-8(9)17-2/h4-6,10-11,15H,3,14H2,1-2H3/t10?,11-/m1/s1. The first-order valence-electron chi connectivity index (χ1n) is 5.45. The van der Waals surface area contributed by atoms with E-state index in [9.17, 15) is 14.3 Å². The summed E-state index contributed by atoms with van der Waals surface area (Å²) in [6.07, 6.45) is -2.06. The van der Waals surface area contributed by atoms with Crippen molar-refractivity contribution in [2.45, 2.75) is 19.1 Å². The molecule has 0 fully saturated rings. The number of halogens is 1. The van der Waals surface area contributed by atoms with Gasteiger partial charge >= 0.3 is 5.97 Å². The van der Waals surface area contributed by atoms with Gasteiger partial charge in [0.15, 0.2) is 0 Å². The molecule has 1 unspecified atom stereocenters. The second-order valence-electron chi connectivity index (χ2n) is 3.57. The molecule has 2 atom stereocenters. The summed E-state index contributed by atoms with van der Waals surface area (Å²) in [7, 11) is 1.36. The fourth-order valence-corrected chi connectivity index (χ4v) is 1.56. The number of methoxy groups -OCH3 is 1. The van der Waals surface area contributed by atoms with Crippen LogP contribution in [0.1, 0.15) is 18.5 Å². The molecule has 0 aliphatic carbocycles. The highest BCUT2D eigenvalue weighted by molar-refractivity contribution is 5.76. The van der Waals surface area contributed by atoms with Crippen LogP contribution in [0.3, 0.4) is 0 Å². The number of benzene rings is 1.